The van der Waals surface area contributed by atoms with Gasteiger partial charge in [0.15, 0.2) is 5.65 Å². The molecule has 0 spiro atoms. The third-order valence-electron chi connectivity index (χ3n) is 2.86. The molecule has 2 heterocycles. The van der Waals surface area contributed by atoms with Crippen LogP contribution in [0.25, 0.3) is 16.9 Å². The highest BCUT2D eigenvalue weighted by Crippen LogP contribution is 2.24. The first-order valence-corrected chi connectivity index (χ1v) is 5.90. The number of nitrogens with two attached hydrogens (primary N) is 1. The number of benzene rings is 1. The van der Waals surface area contributed by atoms with Crippen molar-refractivity contribution in [1.29, 1.82) is 0 Å². The first-order chi connectivity index (χ1) is 8.66. The largest absolute Gasteiger partial charge is 0.369 e. The SMILES string of the molecule is Cc1ccc(-n2c(N)nc3cccnc32)cc1Cl. The van der Waals surface area contributed by atoms with Gasteiger partial charge in [-0.05, 0) is 36.8 Å². The third-order valence-corrected chi connectivity index (χ3v) is 3.26. The second kappa shape index (κ2) is 3.99. The number of nitrogens with zero attached hydrogens (tertiary/aromatic N) is 3. The van der Waals surface area contributed by atoms with E-state index >= 15 is 0 Å². The molecule has 4 nitrogen and oxygen atoms in total. The number of imidazole rings is 1. The zero-order valence-electron chi connectivity index (χ0n) is 9.76. The van der Waals surface area contributed by atoms with Crippen LogP contribution in [0.1, 0.15) is 5.56 Å². The Labute approximate surface area is 109 Å². The van der Waals surface area contributed by atoms with E-state index < -0.39 is 0 Å². The molecule has 2 N–H and O–H groups in total. The zero-order valence-corrected chi connectivity index (χ0v) is 10.5. The van der Waals surface area contributed by atoms with Gasteiger partial charge in [-0.25, -0.2) is 9.97 Å². The van der Waals surface area contributed by atoms with Crippen LogP contribution < -0.4 is 5.73 Å². The predicted octanol–water partition coefficient (Wildman–Crippen LogP) is 2.96. The fraction of sp³-hybridized carbons (Fsp3) is 0.0769. The summed E-state index contributed by atoms with van der Waals surface area (Å²) in [6, 6.07) is 9.48. The van der Waals surface area contributed by atoms with Crippen LogP contribution in [-0.4, -0.2) is 14.5 Å². The zero-order chi connectivity index (χ0) is 12.7. The molecule has 0 saturated heterocycles. The van der Waals surface area contributed by atoms with Gasteiger partial charge in [0.25, 0.3) is 0 Å². The van der Waals surface area contributed by atoms with Crippen LogP contribution in [0, 0.1) is 6.92 Å². The van der Waals surface area contributed by atoms with Crippen molar-refractivity contribution in [2.24, 2.45) is 0 Å². The molecule has 0 amide bonds. The molecule has 3 rings (SSSR count). The van der Waals surface area contributed by atoms with Gasteiger partial charge in [-0.3, -0.25) is 4.57 Å². The molecule has 0 radical (unpaired) electrons. The van der Waals surface area contributed by atoms with Crippen molar-refractivity contribution in [3.63, 3.8) is 0 Å². The van der Waals surface area contributed by atoms with E-state index in [1.165, 1.54) is 0 Å². The Kier molecular flexibility index (Phi) is 2.45. The number of pyridine rings is 1. The number of fused-ring (bicyclic) bond motifs is 1. The molecule has 90 valence electrons. The first-order valence-electron chi connectivity index (χ1n) is 5.52. The van der Waals surface area contributed by atoms with Gasteiger partial charge in [-0.2, -0.15) is 0 Å². The van der Waals surface area contributed by atoms with Crippen LogP contribution in [0.4, 0.5) is 5.95 Å². The summed E-state index contributed by atoms with van der Waals surface area (Å²) < 4.78 is 1.79. The molecule has 0 aliphatic rings. The number of aryl methyl sites for hydroxylation is 1. The normalized spacial score (nSPS) is 11.0. The van der Waals surface area contributed by atoms with Gasteiger partial charge in [0.1, 0.15) is 5.52 Å². The summed E-state index contributed by atoms with van der Waals surface area (Å²) in [5, 5.41) is 0.699. The maximum absolute atomic E-state index is 6.14. The lowest BCUT2D eigenvalue weighted by Gasteiger charge is -2.07. The average molecular weight is 259 g/mol. The molecule has 0 unspecified atom stereocenters. The summed E-state index contributed by atoms with van der Waals surface area (Å²) in [4.78, 5) is 8.58. The standard InChI is InChI=1S/C13H11ClN4/c1-8-4-5-9(7-10(8)14)18-12-11(17-13(18)15)3-2-6-16-12/h2-7H,1H3,(H2,15,17). The summed E-state index contributed by atoms with van der Waals surface area (Å²) in [5.41, 5.74) is 9.33. The van der Waals surface area contributed by atoms with Crippen LogP contribution in [-0.2, 0) is 0 Å². The van der Waals surface area contributed by atoms with Crippen molar-refractivity contribution < 1.29 is 0 Å². The topological polar surface area (TPSA) is 56.7 Å². The Morgan fingerprint density at radius 3 is 2.89 bits per heavy atom. The Hall–Kier alpha value is -2.07. The smallest absolute Gasteiger partial charge is 0.207 e. The fourth-order valence-electron chi connectivity index (χ4n) is 1.91. The van der Waals surface area contributed by atoms with E-state index in [-0.39, 0.29) is 0 Å². The van der Waals surface area contributed by atoms with Gasteiger partial charge in [0.05, 0.1) is 5.69 Å². The lowest BCUT2D eigenvalue weighted by Crippen LogP contribution is -2.01. The highest BCUT2D eigenvalue weighted by molar-refractivity contribution is 6.31. The lowest BCUT2D eigenvalue weighted by molar-refractivity contribution is 1.08. The van der Waals surface area contributed by atoms with Gasteiger partial charge in [0, 0.05) is 11.2 Å². The summed E-state index contributed by atoms with van der Waals surface area (Å²) in [7, 11) is 0. The Morgan fingerprint density at radius 2 is 2.11 bits per heavy atom. The molecule has 5 heteroatoms. The number of anilines is 1. The van der Waals surface area contributed by atoms with Crippen molar-refractivity contribution >= 4 is 28.7 Å². The number of hydrogen-bond acceptors (Lipinski definition) is 3. The molecule has 18 heavy (non-hydrogen) atoms. The molecule has 3 aromatic rings. The van der Waals surface area contributed by atoms with Crippen molar-refractivity contribution in [3.05, 3.63) is 47.1 Å². The Balaban J connectivity index is 2.30. The number of hydrogen-bond donors (Lipinski definition) is 1. The van der Waals surface area contributed by atoms with E-state index in [0.717, 1.165) is 22.4 Å². The van der Waals surface area contributed by atoms with Crippen molar-refractivity contribution in [2.75, 3.05) is 5.73 Å². The van der Waals surface area contributed by atoms with Gasteiger partial charge in [0.2, 0.25) is 5.95 Å². The van der Waals surface area contributed by atoms with Crippen molar-refractivity contribution in [2.45, 2.75) is 6.92 Å². The van der Waals surface area contributed by atoms with Crippen LogP contribution in [0.2, 0.25) is 5.02 Å². The van der Waals surface area contributed by atoms with Gasteiger partial charge in [-0.15, -0.1) is 0 Å². The highest BCUT2D eigenvalue weighted by atomic mass is 35.5. The predicted molar refractivity (Wildman–Crippen MR) is 73.0 cm³/mol. The summed E-state index contributed by atoms with van der Waals surface area (Å²) in [5.74, 6) is 0.406. The summed E-state index contributed by atoms with van der Waals surface area (Å²) in [6.07, 6.45) is 1.72. The fourth-order valence-corrected chi connectivity index (χ4v) is 2.08. The van der Waals surface area contributed by atoms with Crippen LogP contribution in [0.3, 0.4) is 0 Å². The monoisotopic (exact) mass is 258 g/mol. The Bertz CT molecular complexity index is 733. The van der Waals surface area contributed by atoms with Gasteiger partial charge in [-0.1, -0.05) is 17.7 Å². The van der Waals surface area contributed by atoms with Gasteiger partial charge >= 0.3 is 0 Å². The molecule has 0 atom stereocenters. The quantitative estimate of drug-likeness (QED) is 0.730. The number of rotatable bonds is 1. The van der Waals surface area contributed by atoms with E-state index in [1.807, 2.05) is 37.3 Å². The second-order valence-corrected chi connectivity index (χ2v) is 4.49. The Morgan fingerprint density at radius 1 is 1.28 bits per heavy atom. The molecule has 0 bridgehead atoms. The van der Waals surface area contributed by atoms with Crippen molar-refractivity contribution in [3.8, 4) is 5.69 Å². The first kappa shape index (κ1) is 11.0. The lowest BCUT2D eigenvalue weighted by atomic mass is 10.2. The van der Waals surface area contributed by atoms with Crippen molar-refractivity contribution in [1.82, 2.24) is 14.5 Å². The van der Waals surface area contributed by atoms with Crippen LogP contribution in [0.15, 0.2) is 36.5 Å². The molecular formula is C13H11ClN4. The number of nitrogen functional groups attached to an aromatic ring is 1. The second-order valence-electron chi connectivity index (χ2n) is 4.09. The molecule has 0 aliphatic heterocycles. The van der Waals surface area contributed by atoms with E-state index in [4.69, 9.17) is 17.3 Å². The molecular weight excluding hydrogens is 248 g/mol. The van der Waals surface area contributed by atoms with E-state index in [1.54, 1.807) is 10.8 Å². The summed E-state index contributed by atoms with van der Waals surface area (Å²) in [6.45, 7) is 1.96. The molecule has 0 aliphatic carbocycles. The number of halogens is 1. The molecule has 0 saturated carbocycles. The van der Waals surface area contributed by atoms with E-state index in [9.17, 15) is 0 Å². The molecule has 0 fully saturated rings. The van der Waals surface area contributed by atoms with E-state index in [0.29, 0.717) is 11.0 Å². The molecule has 1 aromatic carbocycles. The summed E-state index contributed by atoms with van der Waals surface area (Å²) >= 11 is 6.14. The average Bonchev–Trinajstić information content (AvgIpc) is 2.69. The maximum atomic E-state index is 6.14. The van der Waals surface area contributed by atoms with Gasteiger partial charge < -0.3 is 5.73 Å². The number of aromatic nitrogens is 3. The maximum Gasteiger partial charge on any atom is 0.207 e. The molecule has 2 aromatic heterocycles. The van der Waals surface area contributed by atoms with Crippen LogP contribution >= 0.6 is 11.6 Å². The van der Waals surface area contributed by atoms with Crippen LogP contribution in [0.5, 0.6) is 0 Å². The van der Waals surface area contributed by atoms with E-state index in [2.05, 4.69) is 9.97 Å². The minimum atomic E-state index is 0.406. The minimum Gasteiger partial charge on any atom is -0.369 e. The third kappa shape index (κ3) is 1.62. The minimum absolute atomic E-state index is 0.406. The highest BCUT2D eigenvalue weighted by Gasteiger charge is 2.11.